The summed E-state index contributed by atoms with van der Waals surface area (Å²) in [6.45, 7) is 6.46. The molecule has 0 heterocycles. The van der Waals surface area contributed by atoms with Gasteiger partial charge in [0.2, 0.25) is 5.91 Å². The van der Waals surface area contributed by atoms with Gasteiger partial charge in [0.1, 0.15) is 0 Å². The lowest BCUT2D eigenvalue weighted by atomic mass is 9.88. The molecule has 0 spiro atoms. The van der Waals surface area contributed by atoms with Gasteiger partial charge >= 0.3 is 12.1 Å². The highest BCUT2D eigenvalue weighted by atomic mass is 32.2. The fraction of sp³-hybridized carbons (Fsp3) is 0.850. The van der Waals surface area contributed by atoms with Gasteiger partial charge in [0.15, 0.2) is 6.10 Å². The first kappa shape index (κ1) is 30.1. The average Bonchev–Trinajstić information content (AvgIpc) is 2.71. The zero-order chi connectivity index (χ0) is 24.6. The predicted octanol–water partition coefficient (Wildman–Crippen LogP) is 1.52. The zero-order valence-corrected chi connectivity index (χ0v) is 20.2. The number of hydrogen-bond acceptors (Lipinski definition) is 10. The normalized spacial score (nSPS) is 12.7. The summed E-state index contributed by atoms with van der Waals surface area (Å²) in [5.41, 5.74) is -1.22. The minimum absolute atomic E-state index is 0.00250. The van der Waals surface area contributed by atoms with E-state index in [4.69, 9.17) is 18.4 Å². The number of rotatable bonds is 17. The van der Waals surface area contributed by atoms with Crippen molar-refractivity contribution < 1.29 is 46.3 Å². The minimum Gasteiger partial charge on any atom is -0.464 e. The quantitative estimate of drug-likeness (QED) is 0.177. The Morgan fingerprint density at radius 2 is 1.53 bits per heavy atom. The van der Waals surface area contributed by atoms with Crippen molar-refractivity contribution in [2.45, 2.75) is 65.9 Å². The molecule has 0 saturated carbocycles. The smallest absolute Gasteiger partial charge is 0.464 e. The molecular formula is C20H37NO10S. The molecule has 1 amide bonds. The van der Waals surface area contributed by atoms with E-state index < -0.39 is 40.4 Å². The molecule has 32 heavy (non-hydrogen) atoms. The molecule has 0 aromatic heterocycles. The molecule has 0 aromatic carbocycles. The largest absolute Gasteiger partial charge is 0.508 e. The topological polar surface area (TPSA) is 155 Å². The maximum Gasteiger partial charge on any atom is 0.508 e. The first-order valence-corrected chi connectivity index (χ1v) is 12.2. The molecule has 2 N–H and O–H groups in total. The highest BCUT2D eigenvalue weighted by Gasteiger charge is 2.36. The number of esters is 1. The number of carbonyl (C=O) groups is 3. The second kappa shape index (κ2) is 15.8. The van der Waals surface area contributed by atoms with Crippen LogP contribution < -0.4 is 5.32 Å². The van der Waals surface area contributed by atoms with Crippen LogP contribution in [-0.4, -0.2) is 76.4 Å². The van der Waals surface area contributed by atoms with Gasteiger partial charge in [0.05, 0.1) is 32.2 Å². The molecule has 0 rings (SSSR count). The fourth-order valence-electron chi connectivity index (χ4n) is 2.16. The van der Waals surface area contributed by atoms with Crippen molar-refractivity contribution in [1.29, 1.82) is 0 Å². The number of unbranched alkanes of at least 4 members (excludes halogenated alkanes) is 2. The number of aliphatic hydroxyl groups excluding tert-OH is 1. The van der Waals surface area contributed by atoms with Gasteiger partial charge in [-0.1, -0.05) is 27.2 Å². The van der Waals surface area contributed by atoms with Gasteiger partial charge in [0, 0.05) is 18.9 Å². The van der Waals surface area contributed by atoms with Gasteiger partial charge < -0.3 is 24.6 Å². The third kappa shape index (κ3) is 15.0. The Balaban J connectivity index is 4.15. The summed E-state index contributed by atoms with van der Waals surface area (Å²) >= 11 is 0. The lowest BCUT2D eigenvalue weighted by Crippen LogP contribution is -2.41. The van der Waals surface area contributed by atoms with E-state index in [2.05, 4.69) is 5.32 Å². The van der Waals surface area contributed by atoms with Crippen LogP contribution in [0.4, 0.5) is 4.79 Å². The maximum atomic E-state index is 12.1. The summed E-state index contributed by atoms with van der Waals surface area (Å²) in [5, 5.41) is 12.7. The minimum atomic E-state index is -3.88. The van der Waals surface area contributed by atoms with E-state index in [1.807, 2.05) is 6.92 Å². The van der Waals surface area contributed by atoms with Crippen LogP contribution in [0.3, 0.4) is 0 Å². The van der Waals surface area contributed by atoms with Crippen molar-refractivity contribution in [2.24, 2.45) is 5.41 Å². The zero-order valence-electron chi connectivity index (χ0n) is 19.4. The lowest BCUT2D eigenvalue weighted by Gasteiger charge is -2.28. The Kier molecular flexibility index (Phi) is 14.9. The van der Waals surface area contributed by atoms with Crippen molar-refractivity contribution in [3.05, 3.63) is 0 Å². The van der Waals surface area contributed by atoms with E-state index in [-0.39, 0.29) is 37.8 Å². The van der Waals surface area contributed by atoms with Crippen LogP contribution in [0.2, 0.25) is 0 Å². The maximum absolute atomic E-state index is 12.1. The molecule has 11 nitrogen and oxygen atoms in total. The molecule has 0 radical (unpaired) electrons. The Hall–Kier alpha value is -1.92. The van der Waals surface area contributed by atoms with E-state index >= 15 is 0 Å². The number of ether oxygens (including phenoxy) is 3. The number of nitrogens with one attached hydrogen (secondary N) is 1. The highest BCUT2D eigenvalue weighted by molar-refractivity contribution is 7.86. The van der Waals surface area contributed by atoms with Crippen LogP contribution in [0.1, 0.15) is 59.8 Å². The van der Waals surface area contributed by atoms with Crippen LogP contribution in [0.5, 0.6) is 0 Å². The molecule has 0 aromatic rings. The van der Waals surface area contributed by atoms with Crippen molar-refractivity contribution in [3.8, 4) is 0 Å². The van der Waals surface area contributed by atoms with Crippen LogP contribution in [0.15, 0.2) is 0 Å². The third-order valence-corrected chi connectivity index (χ3v) is 5.51. The molecular weight excluding hydrogens is 446 g/mol. The van der Waals surface area contributed by atoms with Gasteiger partial charge in [0.25, 0.3) is 10.1 Å². The summed E-state index contributed by atoms with van der Waals surface area (Å²) in [4.78, 5) is 34.1. The molecule has 1 atom stereocenters. The summed E-state index contributed by atoms with van der Waals surface area (Å²) in [6, 6.07) is 0. The Morgan fingerprint density at radius 3 is 2.09 bits per heavy atom. The summed E-state index contributed by atoms with van der Waals surface area (Å²) in [6.07, 6.45) is 0.352. The van der Waals surface area contributed by atoms with E-state index in [0.717, 1.165) is 12.8 Å². The third-order valence-electron chi connectivity index (χ3n) is 4.24. The number of carbonyl (C=O) groups excluding carboxylic acids is 3. The van der Waals surface area contributed by atoms with Gasteiger partial charge in [-0.15, -0.1) is 0 Å². The van der Waals surface area contributed by atoms with Crippen LogP contribution in [0, 0.1) is 5.41 Å². The Labute approximate surface area is 190 Å². The number of amides is 1. The molecule has 0 aliphatic carbocycles. The van der Waals surface area contributed by atoms with Crippen molar-refractivity contribution >= 4 is 28.1 Å². The Morgan fingerprint density at radius 1 is 0.969 bits per heavy atom. The van der Waals surface area contributed by atoms with Crippen molar-refractivity contribution in [1.82, 2.24) is 5.32 Å². The lowest BCUT2D eigenvalue weighted by molar-refractivity contribution is -0.161. The monoisotopic (exact) mass is 483 g/mol. The second-order valence-electron chi connectivity index (χ2n) is 7.93. The standard InChI is InChI=1S/C20H37NO10S/c1-5-6-11-29-19(25)30-13-8-7-12-28-18(24)17(23)20(3,4)15-31-32(26,27)14-9-10-21-16(2)22/h17,23H,5-15H2,1-4H3,(H,21,22)/t17-/m0/s1. The number of hydrogen-bond donors (Lipinski definition) is 2. The van der Waals surface area contributed by atoms with Gasteiger partial charge in [-0.3, -0.25) is 8.98 Å². The molecule has 0 aliphatic heterocycles. The van der Waals surface area contributed by atoms with E-state index in [9.17, 15) is 27.9 Å². The highest BCUT2D eigenvalue weighted by Crippen LogP contribution is 2.23. The molecule has 0 bridgehead atoms. The molecule has 0 aliphatic rings. The van der Waals surface area contributed by atoms with Crippen LogP contribution in [-0.2, 0) is 38.1 Å². The molecule has 12 heteroatoms. The molecule has 0 saturated heterocycles. The predicted molar refractivity (Wildman–Crippen MR) is 115 cm³/mol. The van der Waals surface area contributed by atoms with Crippen molar-refractivity contribution in [3.63, 3.8) is 0 Å². The van der Waals surface area contributed by atoms with Gasteiger partial charge in [-0.05, 0) is 25.7 Å². The van der Waals surface area contributed by atoms with Crippen LogP contribution >= 0.6 is 0 Å². The molecule has 0 fully saturated rings. The van der Waals surface area contributed by atoms with E-state index in [0.29, 0.717) is 19.4 Å². The summed E-state index contributed by atoms with van der Waals surface area (Å²) in [5.74, 6) is -1.47. The van der Waals surface area contributed by atoms with Crippen LogP contribution in [0.25, 0.3) is 0 Å². The first-order valence-electron chi connectivity index (χ1n) is 10.7. The SMILES string of the molecule is CCCCOC(=O)OCCCCOC(=O)[C@H](O)C(C)(C)COS(=O)(=O)CCCNC(C)=O. The number of aliphatic hydroxyl groups is 1. The van der Waals surface area contributed by atoms with Gasteiger partial charge in [-0.25, -0.2) is 9.59 Å². The van der Waals surface area contributed by atoms with Gasteiger partial charge in [-0.2, -0.15) is 8.42 Å². The fourth-order valence-corrected chi connectivity index (χ4v) is 3.26. The van der Waals surface area contributed by atoms with E-state index in [1.165, 1.54) is 20.8 Å². The Bertz CT molecular complexity index is 678. The summed E-state index contributed by atoms with van der Waals surface area (Å²) in [7, 11) is -3.88. The molecule has 0 unspecified atom stereocenters. The van der Waals surface area contributed by atoms with Crippen molar-refractivity contribution in [2.75, 3.05) is 38.7 Å². The summed E-state index contributed by atoms with van der Waals surface area (Å²) < 4.78 is 43.5. The average molecular weight is 484 g/mol. The van der Waals surface area contributed by atoms with E-state index in [1.54, 1.807) is 0 Å². The molecule has 188 valence electrons. The second-order valence-corrected chi connectivity index (χ2v) is 9.69. The first-order chi connectivity index (χ1) is 14.9.